The van der Waals surface area contributed by atoms with Crippen molar-refractivity contribution in [3.05, 3.63) is 0 Å². The highest BCUT2D eigenvalue weighted by Gasteiger charge is 2.45. The number of aliphatic hydroxyl groups excluding tert-OH is 3. The number of ether oxygens (including phenoxy) is 2. The fourth-order valence-electron chi connectivity index (χ4n) is 1.81. The van der Waals surface area contributed by atoms with E-state index in [1.807, 2.05) is 0 Å². The zero-order valence-corrected chi connectivity index (χ0v) is 9.81. The van der Waals surface area contributed by atoms with E-state index in [1.54, 1.807) is 6.07 Å². The summed E-state index contributed by atoms with van der Waals surface area (Å²) in [4.78, 5) is 11.0. The molecule has 1 heterocycles. The molecule has 1 saturated heterocycles. The van der Waals surface area contributed by atoms with Gasteiger partial charge in [-0.3, -0.25) is 4.79 Å². The lowest BCUT2D eigenvalue weighted by Crippen LogP contribution is -2.64. The van der Waals surface area contributed by atoms with Crippen LogP contribution in [0.15, 0.2) is 0 Å². The van der Waals surface area contributed by atoms with Crippen molar-refractivity contribution in [2.75, 3.05) is 13.2 Å². The quantitative estimate of drug-likeness (QED) is 0.438. The molecule has 0 aliphatic carbocycles. The average Bonchev–Trinajstić information content (AvgIpc) is 2.32. The first-order valence-electron chi connectivity index (χ1n) is 5.39. The second-order valence-corrected chi connectivity index (χ2v) is 3.90. The third-order valence-corrected chi connectivity index (χ3v) is 2.58. The molecule has 0 aromatic carbocycles. The van der Waals surface area contributed by atoms with Gasteiger partial charge in [-0.1, -0.05) is 0 Å². The van der Waals surface area contributed by atoms with Gasteiger partial charge in [-0.15, -0.1) is 0 Å². The molecule has 0 unspecified atom stereocenters. The van der Waals surface area contributed by atoms with Crippen LogP contribution in [0.2, 0.25) is 0 Å². The predicted octanol–water partition coefficient (Wildman–Crippen LogP) is -2.53. The van der Waals surface area contributed by atoms with E-state index < -0.39 is 43.2 Å². The van der Waals surface area contributed by atoms with E-state index in [1.165, 1.54) is 6.92 Å². The van der Waals surface area contributed by atoms with Crippen molar-refractivity contribution in [1.82, 2.24) is 5.32 Å². The highest BCUT2D eigenvalue weighted by Crippen LogP contribution is 2.22. The van der Waals surface area contributed by atoms with Gasteiger partial charge in [-0.2, -0.15) is 5.26 Å². The summed E-state index contributed by atoms with van der Waals surface area (Å²) in [5.41, 5.74) is 0. The Hall–Kier alpha value is -1.24. The van der Waals surface area contributed by atoms with Gasteiger partial charge >= 0.3 is 0 Å². The zero-order valence-electron chi connectivity index (χ0n) is 9.81. The summed E-state index contributed by atoms with van der Waals surface area (Å²) < 4.78 is 10.0. The molecule has 8 heteroatoms. The summed E-state index contributed by atoms with van der Waals surface area (Å²) in [6, 6.07) is 0.720. The molecule has 0 aromatic rings. The minimum absolute atomic E-state index is 0.317. The molecule has 4 N–H and O–H groups in total. The summed E-state index contributed by atoms with van der Waals surface area (Å²) in [6.07, 6.45) is -4.76. The lowest BCUT2D eigenvalue weighted by Gasteiger charge is -2.42. The van der Waals surface area contributed by atoms with Crippen LogP contribution in [0.3, 0.4) is 0 Å². The van der Waals surface area contributed by atoms with Crippen LogP contribution in [-0.4, -0.2) is 65.1 Å². The van der Waals surface area contributed by atoms with Crippen LogP contribution in [0.4, 0.5) is 0 Å². The minimum Gasteiger partial charge on any atom is -0.394 e. The van der Waals surface area contributed by atoms with E-state index in [-0.39, 0.29) is 6.61 Å². The fraction of sp³-hybridized carbons (Fsp3) is 0.800. The third-order valence-electron chi connectivity index (χ3n) is 2.58. The van der Waals surface area contributed by atoms with Crippen LogP contribution in [0.1, 0.15) is 6.92 Å². The summed E-state index contributed by atoms with van der Waals surface area (Å²) in [5.74, 6) is -0.442. The Balaban J connectivity index is 2.83. The van der Waals surface area contributed by atoms with Gasteiger partial charge in [0.05, 0.1) is 12.7 Å². The highest BCUT2D eigenvalue weighted by atomic mass is 16.6. The number of aliphatic hydroxyl groups is 3. The van der Waals surface area contributed by atoms with Gasteiger partial charge in [-0.25, -0.2) is 0 Å². The van der Waals surface area contributed by atoms with Crippen LogP contribution in [0.25, 0.3) is 0 Å². The van der Waals surface area contributed by atoms with Crippen LogP contribution in [0.5, 0.6) is 0 Å². The van der Waals surface area contributed by atoms with E-state index in [9.17, 15) is 15.0 Å². The number of hydrogen-bond donors (Lipinski definition) is 4. The first-order valence-corrected chi connectivity index (χ1v) is 5.39. The Labute approximate surface area is 104 Å². The van der Waals surface area contributed by atoms with Crippen molar-refractivity contribution in [1.29, 1.82) is 5.26 Å². The molecule has 102 valence electrons. The first-order chi connectivity index (χ1) is 8.51. The van der Waals surface area contributed by atoms with Crippen molar-refractivity contribution in [2.24, 2.45) is 0 Å². The Morgan fingerprint density at radius 3 is 2.72 bits per heavy atom. The SMILES string of the molecule is CC(=O)N[C@H]1[C@H](OCC#N)[C@H](O)[C@@H](CO)O[C@H]1O. The molecule has 0 radical (unpaired) electrons. The summed E-state index contributed by atoms with van der Waals surface area (Å²) in [7, 11) is 0. The largest absolute Gasteiger partial charge is 0.394 e. The maximum absolute atomic E-state index is 11.0. The topological polar surface area (TPSA) is 132 Å². The van der Waals surface area contributed by atoms with E-state index in [4.69, 9.17) is 19.8 Å². The molecule has 5 atom stereocenters. The number of hydrogen-bond acceptors (Lipinski definition) is 7. The van der Waals surface area contributed by atoms with Gasteiger partial charge in [0, 0.05) is 6.92 Å². The number of amides is 1. The Bertz CT molecular complexity index is 331. The number of carbonyl (C=O) groups is 1. The van der Waals surface area contributed by atoms with Crippen molar-refractivity contribution >= 4 is 5.91 Å². The maximum Gasteiger partial charge on any atom is 0.217 e. The molecule has 8 nitrogen and oxygen atoms in total. The molecule has 1 amide bonds. The molecule has 0 saturated carbocycles. The Kier molecular flexibility index (Phi) is 5.46. The van der Waals surface area contributed by atoms with Gasteiger partial charge in [0.15, 0.2) is 6.29 Å². The van der Waals surface area contributed by atoms with E-state index in [0.29, 0.717) is 0 Å². The van der Waals surface area contributed by atoms with Gasteiger partial charge in [0.1, 0.15) is 31.0 Å². The van der Waals surface area contributed by atoms with Gasteiger partial charge < -0.3 is 30.1 Å². The van der Waals surface area contributed by atoms with E-state index in [0.717, 1.165) is 0 Å². The number of carbonyl (C=O) groups excluding carboxylic acids is 1. The maximum atomic E-state index is 11.0. The monoisotopic (exact) mass is 260 g/mol. The van der Waals surface area contributed by atoms with Gasteiger partial charge in [-0.05, 0) is 0 Å². The molecule has 1 aliphatic rings. The van der Waals surface area contributed by atoms with E-state index in [2.05, 4.69) is 5.32 Å². The molecule has 0 bridgehead atoms. The Morgan fingerprint density at radius 2 is 2.22 bits per heavy atom. The number of nitrogens with one attached hydrogen (secondary N) is 1. The Morgan fingerprint density at radius 1 is 1.56 bits per heavy atom. The average molecular weight is 260 g/mol. The molecule has 1 aliphatic heterocycles. The van der Waals surface area contributed by atoms with Crippen molar-refractivity contribution in [3.63, 3.8) is 0 Å². The summed E-state index contributed by atoms with van der Waals surface area (Å²) >= 11 is 0. The van der Waals surface area contributed by atoms with Crippen molar-refractivity contribution < 1.29 is 29.6 Å². The number of nitrogens with zero attached hydrogens (tertiary/aromatic N) is 1. The normalized spacial score (nSPS) is 35.8. The summed E-state index contributed by atoms with van der Waals surface area (Å²) in [6.45, 7) is 0.401. The fourth-order valence-corrected chi connectivity index (χ4v) is 1.81. The van der Waals surface area contributed by atoms with E-state index >= 15 is 0 Å². The smallest absolute Gasteiger partial charge is 0.217 e. The highest BCUT2D eigenvalue weighted by molar-refractivity contribution is 5.73. The third kappa shape index (κ3) is 3.38. The van der Waals surface area contributed by atoms with Gasteiger partial charge in [0.2, 0.25) is 5.91 Å². The molecular formula is C10H16N2O6. The molecule has 0 spiro atoms. The van der Waals surface area contributed by atoms with Crippen LogP contribution < -0.4 is 5.32 Å². The van der Waals surface area contributed by atoms with Crippen LogP contribution >= 0.6 is 0 Å². The van der Waals surface area contributed by atoms with Crippen molar-refractivity contribution in [2.45, 2.75) is 37.6 Å². The summed E-state index contributed by atoms with van der Waals surface area (Å²) in [5, 5.41) is 39.4. The first kappa shape index (κ1) is 14.8. The minimum atomic E-state index is -1.43. The lowest BCUT2D eigenvalue weighted by atomic mass is 9.96. The lowest BCUT2D eigenvalue weighted by molar-refractivity contribution is -0.260. The second-order valence-electron chi connectivity index (χ2n) is 3.90. The standard InChI is InChI=1S/C10H16N2O6/c1-5(14)12-7-9(17-3-2-11)8(15)6(4-13)18-10(7)16/h6-10,13,15-16H,3-4H2,1H3,(H,12,14)/t6-,7+,8-,9+,10-/m1/s1. The number of nitriles is 1. The van der Waals surface area contributed by atoms with Gasteiger partial charge in [0.25, 0.3) is 0 Å². The molecule has 18 heavy (non-hydrogen) atoms. The zero-order chi connectivity index (χ0) is 13.7. The van der Waals surface area contributed by atoms with Crippen molar-refractivity contribution in [3.8, 4) is 6.07 Å². The van der Waals surface area contributed by atoms with Crippen LogP contribution in [0, 0.1) is 11.3 Å². The molecule has 1 rings (SSSR count). The second kappa shape index (κ2) is 6.63. The van der Waals surface area contributed by atoms with Crippen LogP contribution in [-0.2, 0) is 14.3 Å². The molecule has 1 fully saturated rings. The number of rotatable bonds is 4. The molecule has 0 aromatic heterocycles. The predicted molar refractivity (Wildman–Crippen MR) is 56.9 cm³/mol. The molecular weight excluding hydrogens is 244 g/mol.